The topological polar surface area (TPSA) is 49.8 Å². The first-order chi connectivity index (χ1) is 9.70. The van der Waals surface area contributed by atoms with Gasteiger partial charge in [0.05, 0.1) is 5.60 Å². The molecule has 1 aromatic carbocycles. The molecule has 2 rings (SSSR count). The predicted octanol–water partition coefficient (Wildman–Crippen LogP) is 2.87. The van der Waals surface area contributed by atoms with Gasteiger partial charge < -0.3 is 14.7 Å². The Morgan fingerprint density at radius 3 is 2.33 bits per heavy atom. The molecular formula is C16H22ClNO3. The molecule has 4 nitrogen and oxygen atoms in total. The van der Waals surface area contributed by atoms with E-state index in [4.69, 9.17) is 16.3 Å². The number of benzene rings is 1. The van der Waals surface area contributed by atoms with Crippen LogP contribution in [0, 0.1) is 0 Å². The number of piperidine rings is 1. The number of rotatable bonds is 3. The largest absolute Gasteiger partial charge is 0.478 e. The van der Waals surface area contributed by atoms with Gasteiger partial charge in [0, 0.05) is 18.1 Å². The van der Waals surface area contributed by atoms with Crippen LogP contribution in [0.25, 0.3) is 0 Å². The maximum atomic E-state index is 12.6. The van der Waals surface area contributed by atoms with Gasteiger partial charge in [-0.25, -0.2) is 0 Å². The Morgan fingerprint density at radius 1 is 1.29 bits per heavy atom. The quantitative estimate of drug-likeness (QED) is 0.934. The Balaban J connectivity index is 2.01. The first kappa shape index (κ1) is 16.1. The molecule has 1 aromatic rings. The monoisotopic (exact) mass is 311 g/mol. The fourth-order valence-electron chi connectivity index (χ4n) is 2.41. The van der Waals surface area contributed by atoms with E-state index < -0.39 is 11.2 Å². The summed E-state index contributed by atoms with van der Waals surface area (Å²) in [5.41, 5.74) is -1.62. The van der Waals surface area contributed by atoms with Crippen molar-refractivity contribution in [2.24, 2.45) is 0 Å². The normalized spacial score (nSPS) is 18.4. The number of aliphatic hydroxyl groups is 1. The van der Waals surface area contributed by atoms with Gasteiger partial charge in [0.1, 0.15) is 5.75 Å². The number of halogens is 1. The molecule has 1 aliphatic heterocycles. The van der Waals surface area contributed by atoms with Crippen LogP contribution >= 0.6 is 11.6 Å². The van der Waals surface area contributed by atoms with Crippen molar-refractivity contribution in [2.75, 3.05) is 13.1 Å². The summed E-state index contributed by atoms with van der Waals surface area (Å²) in [4.78, 5) is 14.4. The van der Waals surface area contributed by atoms with Crippen molar-refractivity contribution in [2.45, 2.75) is 44.8 Å². The van der Waals surface area contributed by atoms with Crippen LogP contribution in [0.2, 0.25) is 5.02 Å². The molecule has 0 radical (unpaired) electrons. The maximum Gasteiger partial charge on any atom is 0.266 e. The molecular weight excluding hydrogens is 290 g/mol. The average Bonchev–Trinajstić information content (AvgIpc) is 2.40. The Labute approximate surface area is 130 Å². The van der Waals surface area contributed by atoms with Crippen molar-refractivity contribution in [3.05, 3.63) is 29.3 Å². The van der Waals surface area contributed by atoms with Crippen LogP contribution in [-0.4, -0.2) is 40.2 Å². The summed E-state index contributed by atoms with van der Waals surface area (Å²) < 4.78 is 5.81. The molecule has 1 heterocycles. The number of hydrogen-bond acceptors (Lipinski definition) is 3. The first-order valence-electron chi connectivity index (χ1n) is 7.16. The Hall–Kier alpha value is -1.26. The number of ether oxygens (including phenoxy) is 1. The van der Waals surface area contributed by atoms with E-state index in [0.717, 1.165) is 0 Å². The lowest BCUT2D eigenvalue weighted by molar-refractivity contribution is -0.149. The molecule has 0 saturated carbocycles. The van der Waals surface area contributed by atoms with Crippen molar-refractivity contribution in [3.8, 4) is 5.75 Å². The van der Waals surface area contributed by atoms with Gasteiger partial charge in [-0.2, -0.15) is 0 Å². The minimum Gasteiger partial charge on any atom is -0.478 e. The fourth-order valence-corrected chi connectivity index (χ4v) is 2.54. The molecule has 1 amide bonds. The van der Waals surface area contributed by atoms with Crippen LogP contribution in [0.5, 0.6) is 5.75 Å². The van der Waals surface area contributed by atoms with Crippen molar-refractivity contribution >= 4 is 17.5 Å². The van der Waals surface area contributed by atoms with Crippen LogP contribution in [0.15, 0.2) is 24.3 Å². The molecule has 1 N–H and O–H groups in total. The third-order valence-electron chi connectivity index (χ3n) is 3.83. The average molecular weight is 312 g/mol. The highest BCUT2D eigenvalue weighted by Crippen LogP contribution is 2.26. The van der Waals surface area contributed by atoms with Crippen molar-refractivity contribution in [1.82, 2.24) is 4.90 Å². The number of carbonyl (C=O) groups excluding carboxylic acids is 1. The van der Waals surface area contributed by atoms with E-state index >= 15 is 0 Å². The zero-order chi connectivity index (χ0) is 15.7. The van der Waals surface area contributed by atoms with Gasteiger partial charge in [0.15, 0.2) is 5.60 Å². The van der Waals surface area contributed by atoms with Crippen LogP contribution in [0.4, 0.5) is 0 Å². The summed E-state index contributed by atoms with van der Waals surface area (Å²) >= 11 is 5.84. The lowest BCUT2D eigenvalue weighted by Crippen LogP contribution is -2.53. The smallest absolute Gasteiger partial charge is 0.266 e. The van der Waals surface area contributed by atoms with Crippen LogP contribution in [0.3, 0.4) is 0 Å². The van der Waals surface area contributed by atoms with Gasteiger partial charge in [-0.1, -0.05) is 11.6 Å². The molecule has 0 aliphatic carbocycles. The second-order valence-corrected chi connectivity index (χ2v) is 6.79. The molecule has 1 fully saturated rings. The molecule has 1 saturated heterocycles. The Bertz CT molecular complexity index is 501. The van der Waals surface area contributed by atoms with Crippen LogP contribution in [0.1, 0.15) is 33.6 Å². The fraction of sp³-hybridized carbons (Fsp3) is 0.562. The molecule has 1 aliphatic rings. The van der Waals surface area contributed by atoms with Crippen LogP contribution in [-0.2, 0) is 4.79 Å². The minimum atomic E-state index is -0.947. The summed E-state index contributed by atoms with van der Waals surface area (Å²) in [6.45, 7) is 6.44. The molecule has 0 bridgehead atoms. The molecule has 0 unspecified atom stereocenters. The number of likely N-dealkylation sites (tertiary alicyclic amines) is 1. The van der Waals surface area contributed by atoms with Crippen molar-refractivity contribution < 1.29 is 14.6 Å². The van der Waals surface area contributed by atoms with E-state index in [9.17, 15) is 9.90 Å². The second kappa shape index (κ2) is 5.85. The van der Waals surface area contributed by atoms with E-state index in [1.165, 1.54) is 0 Å². The summed E-state index contributed by atoms with van der Waals surface area (Å²) in [5.74, 6) is 0.551. The predicted molar refractivity (Wildman–Crippen MR) is 82.6 cm³/mol. The highest BCUT2D eigenvalue weighted by molar-refractivity contribution is 6.30. The molecule has 21 heavy (non-hydrogen) atoms. The Morgan fingerprint density at radius 2 is 1.81 bits per heavy atom. The zero-order valence-electron chi connectivity index (χ0n) is 12.7. The minimum absolute atomic E-state index is 0.0621. The number of amides is 1. The van der Waals surface area contributed by atoms with Gasteiger partial charge in [0.2, 0.25) is 0 Å². The third-order valence-corrected chi connectivity index (χ3v) is 4.08. The molecule has 0 aromatic heterocycles. The van der Waals surface area contributed by atoms with Gasteiger partial charge in [-0.05, 0) is 57.9 Å². The van der Waals surface area contributed by atoms with E-state index in [0.29, 0.717) is 36.7 Å². The number of nitrogens with zero attached hydrogens (tertiary/aromatic N) is 1. The summed E-state index contributed by atoms with van der Waals surface area (Å²) in [5, 5.41) is 10.6. The van der Waals surface area contributed by atoms with Crippen molar-refractivity contribution in [3.63, 3.8) is 0 Å². The second-order valence-electron chi connectivity index (χ2n) is 6.36. The molecule has 116 valence electrons. The zero-order valence-corrected chi connectivity index (χ0v) is 13.5. The van der Waals surface area contributed by atoms with Crippen LogP contribution < -0.4 is 4.74 Å². The van der Waals surface area contributed by atoms with Gasteiger partial charge in [-0.15, -0.1) is 0 Å². The maximum absolute atomic E-state index is 12.6. The van der Waals surface area contributed by atoms with E-state index in [1.54, 1.807) is 43.0 Å². The molecule has 0 atom stereocenters. The Kier molecular flexibility index (Phi) is 4.49. The van der Waals surface area contributed by atoms with Crippen molar-refractivity contribution in [1.29, 1.82) is 0 Å². The van der Waals surface area contributed by atoms with Gasteiger partial charge in [-0.3, -0.25) is 4.79 Å². The first-order valence-corrected chi connectivity index (χ1v) is 7.54. The highest BCUT2D eigenvalue weighted by Gasteiger charge is 2.38. The lowest BCUT2D eigenvalue weighted by atomic mass is 9.92. The lowest BCUT2D eigenvalue weighted by Gasteiger charge is -2.39. The van der Waals surface area contributed by atoms with Gasteiger partial charge in [0.25, 0.3) is 5.91 Å². The van der Waals surface area contributed by atoms with Gasteiger partial charge >= 0.3 is 0 Å². The summed E-state index contributed by atoms with van der Waals surface area (Å²) in [7, 11) is 0. The molecule has 5 heteroatoms. The SMILES string of the molecule is CC1(O)CCN(C(=O)C(C)(C)Oc2ccc(Cl)cc2)CC1. The standard InChI is InChI=1S/C16H22ClNO3/c1-15(2,21-13-6-4-12(17)5-7-13)14(19)18-10-8-16(3,20)9-11-18/h4-7,20H,8-11H2,1-3H3. The highest BCUT2D eigenvalue weighted by atomic mass is 35.5. The van der Waals surface area contributed by atoms with E-state index in [2.05, 4.69) is 0 Å². The summed E-state index contributed by atoms with van der Waals surface area (Å²) in [6, 6.07) is 6.96. The number of hydrogen-bond donors (Lipinski definition) is 1. The number of carbonyl (C=O) groups is 1. The van der Waals surface area contributed by atoms with E-state index in [-0.39, 0.29) is 5.91 Å². The van der Waals surface area contributed by atoms with E-state index in [1.807, 2.05) is 6.92 Å². The third kappa shape index (κ3) is 4.11. The molecule has 0 spiro atoms. The summed E-state index contributed by atoms with van der Waals surface area (Å²) in [6.07, 6.45) is 1.19.